The molecule has 0 aliphatic carbocycles. The number of nitrogens with one attached hydrogen (secondary N) is 2. The summed E-state index contributed by atoms with van der Waals surface area (Å²) in [5.41, 5.74) is 3.88. The molecule has 3 amide bonds. The first-order valence-corrected chi connectivity index (χ1v) is 9.80. The molecular formula is C22H22FN3O4. The van der Waals surface area contributed by atoms with Gasteiger partial charge in [0.25, 0.3) is 0 Å². The highest BCUT2D eigenvalue weighted by Gasteiger charge is 2.32. The zero-order valence-electron chi connectivity index (χ0n) is 16.5. The minimum Gasteiger partial charge on any atom is -0.375 e. The van der Waals surface area contributed by atoms with Crippen LogP contribution in [-0.2, 0) is 32.0 Å². The smallest absolute Gasteiger partial charge is 0.313 e. The number of carbonyl (C=O) groups is 3. The van der Waals surface area contributed by atoms with Crippen molar-refractivity contribution in [1.29, 1.82) is 0 Å². The van der Waals surface area contributed by atoms with Gasteiger partial charge in [0.15, 0.2) is 0 Å². The fourth-order valence-electron chi connectivity index (χ4n) is 4.05. The Morgan fingerprint density at radius 1 is 1.20 bits per heavy atom. The Balaban J connectivity index is 1.40. The highest BCUT2D eigenvalue weighted by atomic mass is 19.1. The monoisotopic (exact) mass is 411 g/mol. The van der Waals surface area contributed by atoms with Gasteiger partial charge in [0, 0.05) is 25.9 Å². The van der Waals surface area contributed by atoms with Gasteiger partial charge >= 0.3 is 11.8 Å². The number of nitrogens with zero attached hydrogens (tertiary/aromatic N) is 1. The molecule has 4 rings (SSSR count). The van der Waals surface area contributed by atoms with E-state index in [0.29, 0.717) is 17.7 Å². The van der Waals surface area contributed by atoms with Crippen LogP contribution >= 0.6 is 0 Å². The summed E-state index contributed by atoms with van der Waals surface area (Å²) in [6.45, 7) is 0.740. The zero-order valence-corrected chi connectivity index (χ0v) is 16.5. The van der Waals surface area contributed by atoms with Crippen LogP contribution in [0.15, 0.2) is 36.4 Å². The van der Waals surface area contributed by atoms with Crippen LogP contribution < -0.4 is 15.5 Å². The van der Waals surface area contributed by atoms with Crippen molar-refractivity contribution in [3.8, 4) is 0 Å². The molecule has 156 valence electrons. The molecule has 0 bridgehead atoms. The lowest BCUT2D eigenvalue weighted by Gasteiger charge is -2.26. The standard InChI is InChI=1S/C22H22FN3O4/c1-30-18(13-4-2-6-16(23)8-13)12-24-21(28)22(29)25-17-9-14-5-3-7-26-19(27)11-15(10-17)20(14)26/h2,4,6,8-10,18H,3,5,7,11-12H2,1H3,(H,24,28)(H,25,29)/t18-/m1/s1. The van der Waals surface area contributed by atoms with Gasteiger partial charge in [0.2, 0.25) is 5.91 Å². The maximum atomic E-state index is 13.4. The third-order valence-electron chi connectivity index (χ3n) is 5.43. The van der Waals surface area contributed by atoms with Gasteiger partial charge in [-0.15, -0.1) is 0 Å². The average Bonchev–Trinajstić information content (AvgIpc) is 3.05. The summed E-state index contributed by atoms with van der Waals surface area (Å²) < 4.78 is 18.7. The number of ether oxygens (including phenoxy) is 1. The lowest BCUT2D eigenvalue weighted by molar-refractivity contribution is -0.136. The molecule has 0 saturated carbocycles. The largest absolute Gasteiger partial charge is 0.375 e. The third-order valence-corrected chi connectivity index (χ3v) is 5.43. The SMILES string of the molecule is CO[C@H](CNC(=O)C(=O)Nc1cc2c3c(c1)CC(=O)N3CCC2)c1cccc(F)c1. The lowest BCUT2D eigenvalue weighted by atomic mass is 9.99. The topological polar surface area (TPSA) is 87.7 Å². The molecule has 2 aliphatic heterocycles. The van der Waals surface area contributed by atoms with Crippen LogP contribution in [-0.4, -0.2) is 37.9 Å². The second-order valence-electron chi connectivity index (χ2n) is 7.41. The maximum absolute atomic E-state index is 13.4. The van der Waals surface area contributed by atoms with Crippen LogP contribution in [0.1, 0.15) is 29.2 Å². The molecule has 0 radical (unpaired) electrons. The molecular weight excluding hydrogens is 389 g/mol. The number of carbonyl (C=O) groups excluding carboxylic acids is 3. The van der Waals surface area contributed by atoms with Crippen molar-refractivity contribution < 1.29 is 23.5 Å². The lowest BCUT2D eigenvalue weighted by Crippen LogP contribution is -2.38. The van der Waals surface area contributed by atoms with Gasteiger partial charge in [-0.3, -0.25) is 14.4 Å². The summed E-state index contributed by atoms with van der Waals surface area (Å²) in [5.74, 6) is -1.97. The van der Waals surface area contributed by atoms with E-state index in [2.05, 4.69) is 10.6 Å². The van der Waals surface area contributed by atoms with Crippen molar-refractivity contribution in [2.24, 2.45) is 0 Å². The van der Waals surface area contributed by atoms with Crippen LogP contribution in [0, 0.1) is 5.82 Å². The number of hydrogen-bond acceptors (Lipinski definition) is 4. The minimum absolute atomic E-state index is 0.0190. The Labute approximate surface area is 173 Å². The number of hydrogen-bond donors (Lipinski definition) is 2. The van der Waals surface area contributed by atoms with Crippen LogP contribution in [0.2, 0.25) is 0 Å². The highest BCUT2D eigenvalue weighted by Crippen LogP contribution is 2.38. The molecule has 0 fully saturated rings. The fourth-order valence-corrected chi connectivity index (χ4v) is 4.05. The van der Waals surface area contributed by atoms with Crippen molar-refractivity contribution in [1.82, 2.24) is 5.32 Å². The number of anilines is 2. The molecule has 7 nitrogen and oxygen atoms in total. The van der Waals surface area contributed by atoms with Gasteiger partial charge in [-0.2, -0.15) is 0 Å². The molecule has 0 aromatic heterocycles. The van der Waals surface area contributed by atoms with Crippen molar-refractivity contribution in [3.05, 3.63) is 58.9 Å². The van der Waals surface area contributed by atoms with Gasteiger partial charge in [0.1, 0.15) is 5.82 Å². The highest BCUT2D eigenvalue weighted by molar-refractivity contribution is 6.39. The zero-order chi connectivity index (χ0) is 21.3. The molecule has 2 aliphatic rings. The van der Waals surface area contributed by atoms with E-state index in [0.717, 1.165) is 36.2 Å². The first-order valence-electron chi connectivity index (χ1n) is 9.80. The first kappa shape index (κ1) is 20.0. The van der Waals surface area contributed by atoms with E-state index in [1.165, 1.54) is 19.2 Å². The summed E-state index contributed by atoms with van der Waals surface area (Å²) in [6.07, 6.45) is 1.42. The van der Waals surface area contributed by atoms with Crippen molar-refractivity contribution in [3.63, 3.8) is 0 Å². The number of halogens is 1. The van der Waals surface area contributed by atoms with Crippen molar-refractivity contribution in [2.75, 3.05) is 30.4 Å². The summed E-state index contributed by atoms with van der Waals surface area (Å²) in [5, 5.41) is 5.13. The molecule has 2 N–H and O–H groups in total. The number of amides is 3. The maximum Gasteiger partial charge on any atom is 0.313 e. The Hall–Kier alpha value is -3.26. The second-order valence-corrected chi connectivity index (χ2v) is 7.41. The number of aryl methyl sites for hydroxylation is 1. The van der Waals surface area contributed by atoms with E-state index in [4.69, 9.17) is 4.74 Å². The predicted molar refractivity (Wildman–Crippen MR) is 109 cm³/mol. The van der Waals surface area contributed by atoms with Gasteiger partial charge in [-0.05, 0) is 53.8 Å². The molecule has 30 heavy (non-hydrogen) atoms. The quantitative estimate of drug-likeness (QED) is 0.738. The van der Waals surface area contributed by atoms with E-state index in [9.17, 15) is 18.8 Å². The molecule has 2 heterocycles. The van der Waals surface area contributed by atoms with Crippen LogP contribution in [0.25, 0.3) is 0 Å². The fraction of sp³-hybridized carbons (Fsp3) is 0.318. The van der Waals surface area contributed by atoms with Gasteiger partial charge in [-0.25, -0.2) is 4.39 Å². The molecule has 0 unspecified atom stereocenters. The normalized spacial score (nSPS) is 15.5. The third kappa shape index (κ3) is 3.91. The number of benzene rings is 2. The molecule has 1 atom stereocenters. The first-order chi connectivity index (χ1) is 14.5. The van der Waals surface area contributed by atoms with Crippen molar-refractivity contribution >= 4 is 29.1 Å². The molecule has 8 heteroatoms. The Kier molecular flexibility index (Phi) is 5.50. The minimum atomic E-state index is -0.819. The summed E-state index contributed by atoms with van der Waals surface area (Å²) >= 11 is 0. The van der Waals surface area contributed by atoms with Crippen LogP contribution in [0.5, 0.6) is 0 Å². The molecule has 2 aromatic rings. The van der Waals surface area contributed by atoms with Gasteiger partial charge < -0.3 is 20.3 Å². The van der Waals surface area contributed by atoms with E-state index in [1.807, 2.05) is 6.07 Å². The van der Waals surface area contributed by atoms with E-state index >= 15 is 0 Å². The van der Waals surface area contributed by atoms with Gasteiger partial charge in [0.05, 0.1) is 18.2 Å². The summed E-state index contributed by atoms with van der Waals surface area (Å²) in [6, 6.07) is 9.44. The second kappa shape index (κ2) is 8.23. The average molecular weight is 411 g/mol. The Morgan fingerprint density at radius 2 is 2.00 bits per heavy atom. The molecule has 2 aromatic carbocycles. The van der Waals surface area contributed by atoms with Crippen LogP contribution in [0.3, 0.4) is 0 Å². The van der Waals surface area contributed by atoms with Crippen LogP contribution in [0.4, 0.5) is 15.8 Å². The Bertz CT molecular complexity index is 1020. The summed E-state index contributed by atoms with van der Waals surface area (Å²) in [7, 11) is 1.45. The summed E-state index contributed by atoms with van der Waals surface area (Å²) in [4.78, 5) is 38.5. The number of rotatable bonds is 5. The molecule has 0 saturated heterocycles. The van der Waals surface area contributed by atoms with Crippen molar-refractivity contribution in [2.45, 2.75) is 25.4 Å². The number of methoxy groups -OCH3 is 1. The van der Waals surface area contributed by atoms with E-state index in [1.54, 1.807) is 23.1 Å². The predicted octanol–water partition coefficient (Wildman–Crippen LogP) is 2.10. The van der Waals surface area contributed by atoms with Gasteiger partial charge in [-0.1, -0.05) is 12.1 Å². The van der Waals surface area contributed by atoms with E-state index < -0.39 is 23.7 Å². The van der Waals surface area contributed by atoms with E-state index in [-0.39, 0.29) is 12.5 Å². The Morgan fingerprint density at radius 3 is 2.77 bits per heavy atom. The molecule has 0 spiro atoms.